The van der Waals surface area contributed by atoms with E-state index in [0.29, 0.717) is 14.8 Å². The molecule has 126 valence electrons. The molecule has 2 aromatic carbocycles. The molecule has 0 saturated carbocycles. The van der Waals surface area contributed by atoms with Crippen LogP contribution in [0.2, 0.25) is 0 Å². The van der Waals surface area contributed by atoms with Gasteiger partial charge >= 0.3 is 5.97 Å². The fourth-order valence-electron chi connectivity index (χ4n) is 2.20. The zero-order chi connectivity index (χ0) is 17.8. The van der Waals surface area contributed by atoms with Crippen molar-refractivity contribution in [3.8, 4) is 0 Å². The molecule has 1 aliphatic heterocycles. The number of thiocarbonyl (C=S) groups is 1. The number of hydrogen-bond acceptors (Lipinski definition) is 6. The minimum Gasteiger partial charge on any atom is -0.465 e. The van der Waals surface area contributed by atoms with Crippen molar-refractivity contribution in [2.45, 2.75) is 9.79 Å². The number of methoxy groups -OCH3 is 1. The SMILES string of the molecule is COC(=O)c1ccccc1Sc1cccc(C=C2SC(=S)NC2=O)c1. The number of thioether (sulfide) groups is 1. The lowest BCUT2D eigenvalue weighted by Gasteiger charge is -2.08. The molecule has 3 rings (SSSR count). The smallest absolute Gasteiger partial charge is 0.339 e. The average molecular weight is 388 g/mol. The first kappa shape index (κ1) is 17.7. The van der Waals surface area contributed by atoms with Gasteiger partial charge < -0.3 is 10.1 Å². The molecule has 0 aliphatic carbocycles. The molecule has 1 fully saturated rings. The van der Waals surface area contributed by atoms with Crippen molar-refractivity contribution < 1.29 is 14.3 Å². The van der Waals surface area contributed by atoms with Crippen LogP contribution in [0.1, 0.15) is 15.9 Å². The van der Waals surface area contributed by atoms with E-state index in [-0.39, 0.29) is 11.9 Å². The normalized spacial score (nSPS) is 15.3. The number of benzene rings is 2. The molecule has 7 heteroatoms. The van der Waals surface area contributed by atoms with Gasteiger partial charge in [0.05, 0.1) is 17.6 Å². The van der Waals surface area contributed by atoms with Crippen LogP contribution in [0.25, 0.3) is 6.08 Å². The highest BCUT2D eigenvalue weighted by Crippen LogP contribution is 2.32. The minimum atomic E-state index is -0.367. The minimum absolute atomic E-state index is 0.177. The van der Waals surface area contributed by atoms with Crippen LogP contribution in [0, 0.1) is 0 Å². The molecule has 0 bridgehead atoms. The summed E-state index contributed by atoms with van der Waals surface area (Å²) < 4.78 is 5.29. The number of nitrogens with one attached hydrogen (secondary N) is 1. The molecule has 2 aromatic rings. The lowest BCUT2D eigenvalue weighted by molar-refractivity contribution is -0.115. The van der Waals surface area contributed by atoms with E-state index in [1.807, 2.05) is 36.4 Å². The van der Waals surface area contributed by atoms with E-state index in [0.717, 1.165) is 15.4 Å². The van der Waals surface area contributed by atoms with Crippen LogP contribution in [-0.4, -0.2) is 23.3 Å². The topological polar surface area (TPSA) is 55.4 Å². The Morgan fingerprint density at radius 1 is 1.24 bits per heavy atom. The van der Waals surface area contributed by atoms with Crippen molar-refractivity contribution in [2.75, 3.05) is 7.11 Å². The molecule has 4 nitrogen and oxygen atoms in total. The second-order valence-electron chi connectivity index (χ2n) is 5.01. The lowest BCUT2D eigenvalue weighted by atomic mass is 10.2. The quantitative estimate of drug-likeness (QED) is 0.484. The van der Waals surface area contributed by atoms with Gasteiger partial charge in [-0.15, -0.1) is 0 Å². The number of amides is 1. The molecule has 0 spiro atoms. The van der Waals surface area contributed by atoms with Gasteiger partial charge in [-0.25, -0.2) is 4.79 Å². The Balaban J connectivity index is 1.86. The van der Waals surface area contributed by atoms with Crippen molar-refractivity contribution in [3.63, 3.8) is 0 Å². The molecule has 1 aliphatic rings. The van der Waals surface area contributed by atoms with E-state index < -0.39 is 0 Å². The summed E-state index contributed by atoms with van der Waals surface area (Å²) in [5, 5.41) is 2.60. The zero-order valence-corrected chi connectivity index (χ0v) is 15.6. The standard InChI is InChI=1S/C18H13NO3S3/c1-22-17(21)13-7-2-3-8-14(13)24-12-6-4-5-11(9-12)10-15-16(20)19-18(23)25-15/h2-10H,1H3,(H,19,20,23). The summed E-state index contributed by atoms with van der Waals surface area (Å²) in [6, 6.07) is 15.0. The van der Waals surface area contributed by atoms with E-state index in [2.05, 4.69) is 5.32 Å². The van der Waals surface area contributed by atoms with Gasteiger partial charge in [0, 0.05) is 9.79 Å². The van der Waals surface area contributed by atoms with Crippen molar-refractivity contribution in [1.29, 1.82) is 0 Å². The third kappa shape index (κ3) is 4.31. The fourth-order valence-corrected chi connectivity index (χ4v) is 4.25. The van der Waals surface area contributed by atoms with Gasteiger partial charge in [0.2, 0.25) is 0 Å². The van der Waals surface area contributed by atoms with Gasteiger partial charge in [-0.05, 0) is 35.9 Å². The first-order valence-electron chi connectivity index (χ1n) is 7.27. The highest BCUT2D eigenvalue weighted by Gasteiger charge is 2.21. The maximum atomic E-state index is 11.9. The highest BCUT2D eigenvalue weighted by molar-refractivity contribution is 8.26. The van der Waals surface area contributed by atoms with Crippen LogP contribution in [0.3, 0.4) is 0 Å². The predicted molar refractivity (Wildman–Crippen MR) is 105 cm³/mol. The maximum absolute atomic E-state index is 11.9. The second kappa shape index (κ2) is 7.86. The number of carbonyl (C=O) groups is 2. The Morgan fingerprint density at radius 3 is 2.76 bits per heavy atom. The zero-order valence-electron chi connectivity index (χ0n) is 13.1. The third-order valence-corrected chi connectivity index (χ3v) is 5.55. The van der Waals surface area contributed by atoms with Crippen LogP contribution in [0.5, 0.6) is 0 Å². The third-order valence-electron chi connectivity index (χ3n) is 3.32. The van der Waals surface area contributed by atoms with E-state index in [1.165, 1.54) is 30.6 Å². The van der Waals surface area contributed by atoms with Gasteiger partial charge in [-0.1, -0.05) is 60.0 Å². The van der Waals surface area contributed by atoms with Crippen LogP contribution in [0.4, 0.5) is 0 Å². The summed E-state index contributed by atoms with van der Waals surface area (Å²) in [7, 11) is 1.37. The first-order chi connectivity index (χ1) is 12.1. The predicted octanol–water partition coefficient (Wildman–Crippen LogP) is 4.11. The summed E-state index contributed by atoms with van der Waals surface area (Å²) >= 11 is 7.71. The molecule has 0 radical (unpaired) electrons. The van der Waals surface area contributed by atoms with Gasteiger partial charge in [0.25, 0.3) is 5.91 Å². The second-order valence-corrected chi connectivity index (χ2v) is 7.85. The fraction of sp³-hybridized carbons (Fsp3) is 0.0556. The molecule has 1 amide bonds. The van der Waals surface area contributed by atoms with Crippen LogP contribution < -0.4 is 5.32 Å². The molecule has 0 atom stereocenters. The van der Waals surface area contributed by atoms with Gasteiger partial charge in [0.1, 0.15) is 4.32 Å². The Kier molecular flexibility index (Phi) is 5.57. The Hall–Kier alpha value is -2.09. The molecular formula is C18H13NO3S3. The van der Waals surface area contributed by atoms with Crippen molar-refractivity contribution in [1.82, 2.24) is 5.32 Å². The van der Waals surface area contributed by atoms with Crippen LogP contribution in [-0.2, 0) is 9.53 Å². The Morgan fingerprint density at radius 2 is 2.04 bits per heavy atom. The van der Waals surface area contributed by atoms with Gasteiger partial charge in [-0.2, -0.15) is 0 Å². The van der Waals surface area contributed by atoms with Crippen molar-refractivity contribution in [3.05, 3.63) is 64.6 Å². The maximum Gasteiger partial charge on any atom is 0.339 e. The van der Waals surface area contributed by atoms with Crippen LogP contribution >= 0.6 is 35.7 Å². The molecule has 1 heterocycles. The summed E-state index contributed by atoms with van der Waals surface area (Å²) in [6.07, 6.45) is 1.80. The summed E-state index contributed by atoms with van der Waals surface area (Å²) in [5.74, 6) is -0.544. The Bertz CT molecular complexity index is 893. The first-order valence-corrected chi connectivity index (χ1v) is 9.31. The number of esters is 1. The monoisotopic (exact) mass is 387 g/mol. The van der Waals surface area contributed by atoms with Crippen molar-refractivity contribution >= 4 is 58.0 Å². The van der Waals surface area contributed by atoms with Gasteiger partial charge in [-0.3, -0.25) is 4.79 Å². The summed E-state index contributed by atoms with van der Waals surface area (Å²) in [5.41, 5.74) is 1.41. The van der Waals surface area contributed by atoms with Gasteiger partial charge in [0.15, 0.2) is 0 Å². The van der Waals surface area contributed by atoms with E-state index >= 15 is 0 Å². The number of hydrogen-bond donors (Lipinski definition) is 1. The molecule has 25 heavy (non-hydrogen) atoms. The van der Waals surface area contributed by atoms with Crippen LogP contribution in [0.15, 0.2) is 63.2 Å². The average Bonchev–Trinajstić information content (AvgIpc) is 2.92. The number of rotatable bonds is 4. The number of carbonyl (C=O) groups excluding carboxylic acids is 2. The van der Waals surface area contributed by atoms with E-state index in [4.69, 9.17) is 17.0 Å². The lowest BCUT2D eigenvalue weighted by Crippen LogP contribution is -2.17. The Labute approximate surface area is 159 Å². The molecule has 1 N–H and O–H groups in total. The molecule has 0 aromatic heterocycles. The highest BCUT2D eigenvalue weighted by atomic mass is 32.2. The molecular weight excluding hydrogens is 374 g/mol. The summed E-state index contributed by atoms with van der Waals surface area (Å²) in [4.78, 5) is 26.0. The van der Waals surface area contributed by atoms with E-state index in [1.54, 1.807) is 18.2 Å². The molecule has 0 unspecified atom stereocenters. The van der Waals surface area contributed by atoms with Crippen molar-refractivity contribution in [2.24, 2.45) is 0 Å². The molecule has 1 saturated heterocycles. The largest absolute Gasteiger partial charge is 0.465 e. The van der Waals surface area contributed by atoms with E-state index in [9.17, 15) is 9.59 Å². The summed E-state index contributed by atoms with van der Waals surface area (Å²) in [6.45, 7) is 0. The number of ether oxygens (including phenoxy) is 1.